The van der Waals surface area contributed by atoms with E-state index in [-0.39, 0.29) is 17.1 Å². The molecule has 1 aromatic heterocycles. The van der Waals surface area contributed by atoms with Crippen molar-refractivity contribution in [1.82, 2.24) is 0 Å². The van der Waals surface area contributed by atoms with Crippen molar-refractivity contribution in [1.29, 1.82) is 0 Å². The third kappa shape index (κ3) is 4.92. The van der Waals surface area contributed by atoms with Gasteiger partial charge in [-0.05, 0) is 122 Å². The summed E-state index contributed by atoms with van der Waals surface area (Å²) in [6.07, 6.45) is 1.71. The van der Waals surface area contributed by atoms with Crippen LogP contribution in [0.3, 0.4) is 0 Å². The average Bonchev–Trinajstić information content (AvgIpc) is 3.56. The molecular formula is C43H33Cl2NO2S. The van der Waals surface area contributed by atoms with Crippen LogP contribution in [0.25, 0.3) is 28.0 Å². The number of fused-ring (bicyclic) bond motifs is 4. The highest BCUT2D eigenvalue weighted by Gasteiger charge is 2.44. The van der Waals surface area contributed by atoms with E-state index in [0.29, 0.717) is 11.1 Å². The molecule has 0 N–H and O–H groups in total. The molecule has 8 rings (SSSR count). The molecule has 0 fully saturated rings. The summed E-state index contributed by atoms with van der Waals surface area (Å²) in [6, 6.07) is 28.5. The Morgan fingerprint density at radius 3 is 1.78 bits per heavy atom. The minimum atomic E-state index is -1.40. The number of ketones is 2. The number of aryl methyl sites for hydroxylation is 6. The quantitative estimate of drug-likeness (QED) is 0.105. The molecule has 0 radical (unpaired) electrons. The van der Waals surface area contributed by atoms with Crippen LogP contribution < -0.4 is 4.90 Å². The van der Waals surface area contributed by atoms with Crippen LogP contribution in [0.1, 0.15) is 70.1 Å². The van der Waals surface area contributed by atoms with Crippen LogP contribution in [-0.4, -0.2) is 11.6 Å². The molecule has 5 aromatic carbocycles. The second-order valence-corrected chi connectivity index (χ2v) is 15.9. The molecule has 0 unspecified atom stereocenters. The standard InChI is InChI=1S/C43H33Cl2NO2S/c1-22-13-24(3)38(25(4)14-22)30-11-12-37-35(19-30)43(44,45)36-21-31(49-42(36)46(37)39-26(5)15-23(2)16-27(39)6)20-34-40(47)32-17-28-9-7-8-10-29(28)18-33(32)41(34)48/h7-21H,1-6H3. The lowest BCUT2D eigenvalue weighted by molar-refractivity contribution is 0.0990. The van der Waals surface area contributed by atoms with Crippen LogP contribution in [0.5, 0.6) is 0 Å². The second kappa shape index (κ2) is 11.3. The lowest BCUT2D eigenvalue weighted by Crippen LogP contribution is -2.26. The SMILES string of the molecule is Cc1cc(C)c(-c2ccc3c(c2)C(Cl)(Cl)c2cc(C=C4C(=O)c5cc6ccccc6cc5C4=O)sc2N3c2c(C)cc(C)cc2C)c(C)c1. The molecule has 1 aliphatic heterocycles. The molecule has 1 aliphatic carbocycles. The van der Waals surface area contributed by atoms with Gasteiger partial charge < -0.3 is 4.90 Å². The molecule has 49 heavy (non-hydrogen) atoms. The Morgan fingerprint density at radius 1 is 0.653 bits per heavy atom. The predicted octanol–water partition coefficient (Wildman–Crippen LogP) is 12.3. The van der Waals surface area contributed by atoms with Gasteiger partial charge in [0.05, 0.1) is 16.9 Å². The van der Waals surface area contributed by atoms with Crippen LogP contribution in [0.4, 0.5) is 16.4 Å². The van der Waals surface area contributed by atoms with Gasteiger partial charge in [-0.1, -0.05) is 88.9 Å². The highest BCUT2D eigenvalue weighted by molar-refractivity contribution is 7.17. The number of halogens is 2. The molecule has 6 aromatic rings. The fraction of sp³-hybridized carbons (Fsp3) is 0.163. The lowest BCUT2D eigenvalue weighted by atomic mass is 9.89. The van der Waals surface area contributed by atoms with Crippen LogP contribution in [0, 0.1) is 41.5 Å². The zero-order valence-electron chi connectivity index (χ0n) is 28.1. The molecule has 0 bridgehead atoms. The minimum Gasteiger partial charge on any atom is -0.301 e. The number of nitrogens with zero attached hydrogens (tertiary/aromatic N) is 1. The number of rotatable bonds is 3. The predicted molar refractivity (Wildman–Crippen MR) is 206 cm³/mol. The first-order chi connectivity index (χ1) is 23.3. The molecule has 0 spiro atoms. The number of hydrogen-bond donors (Lipinski definition) is 0. The summed E-state index contributed by atoms with van der Waals surface area (Å²) in [5, 5.41) is 2.71. The number of benzene rings is 5. The van der Waals surface area contributed by atoms with Crippen molar-refractivity contribution in [2.45, 2.75) is 45.9 Å². The smallest absolute Gasteiger partial charge is 0.197 e. The zero-order chi connectivity index (χ0) is 34.5. The maximum absolute atomic E-state index is 13.7. The zero-order valence-corrected chi connectivity index (χ0v) is 30.4. The molecular weight excluding hydrogens is 665 g/mol. The number of hydrogen-bond acceptors (Lipinski definition) is 4. The van der Waals surface area contributed by atoms with E-state index >= 15 is 0 Å². The van der Waals surface area contributed by atoms with E-state index in [1.807, 2.05) is 42.5 Å². The summed E-state index contributed by atoms with van der Waals surface area (Å²) in [4.78, 5) is 30.4. The van der Waals surface area contributed by atoms with E-state index in [9.17, 15) is 9.59 Å². The Hall–Kier alpha value is -4.48. The fourth-order valence-corrected chi connectivity index (χ4v) is 9.80. The number of carbonyl (C=O) groups excluding carboxylic acids is 2. The van der Waals surface area contributed by atoms with Crippen molar-refractivity contribution in [3.63, 3.8) is 0 Å². The van der Waals surface area contributed by atoms with Crippen molar-refractivity contribution in [3.05, 3.63) is 151 Å². The second-order valence-electron chi connectivity index (χ2n) is 13.5. The molecule has 2 aliphatic rings. The Morgan fingerprint density at radius 2 is 1.20 bits per heavy atom. The largest absolute Gasteiger partial charge is 0.301 e. The topological polar surface area (TPSA) is 37.4 Å². The Bertz CT molecular complexity index is 2380. The van der Waals surface area contributed by atoms with E-state index in [1.165, 1.54) is 39.2 Å². The summed E-state index contributed by atoms with van der Waals surface area (Å²) in [5.41, 5.74) is 13.7. The molecule has 6 heteroatoms. The summed E-state index contributed by atoms with van der Waals surface area (Å²) >= 11 is 16.4. The van der Waals surface area contributed by atoms with Crippen molar-refractivity contribution in [2.75, 3.05) is 4.90 Å². The van der Waals surface area contributed by atoms with E-state index < -0.39 is 4.33 Å². The maximum atomic E-state index is 13.7. The first kappa shape index (κ1) is 31.8. The number of Topliss-reactive ketones (excluding diaryl/α,β-unsaturated/α-hetero) is 2. The molecule has 0 amide bonds. The molecule has 242 valence electrons. The van der Waals surface area contributed by atoms with Gasteiger partial charge in [0.25, 0.3) is 0 Å². The van der Waals surface area contributed by atoms with Crippen molar-refractivity contribution < 1.29 is 9.59 Å². The number of carbonyl (C=O) groups is 2. The molecule has 0 atom stereocenters. The lowest BCUT2D eigenvalue weighted by Gasteiger charge is -2.39. The maximum Gasteiger partial charge on any atom is 0.197 e. The van der Waals surface area contributed by atoms with E-state index in [2.05, 4.69) is 88.9 Å². The molecule has 2 heterocycles. The van der Waals surface area contributed by atoms with Gasteiger partial charge in [-0.2, -0.15) is 0 Å². The van der Waals surface area contributed by atoms with Crippen LogP contribution in [0.15, 0.2) is 90.5 Å². The van der Waals surface area contributed by atoms with Gasteiger partial charge in [-0.25, -0.2) is 0 Å². The Kier molecular flexibility index (Phi) is 7.31. The number of thiophene rings is 1. The fourth-order valence-electron chi connectivity index (χ4n) is 7.92. The van der Waals surface area contributed by atoms with Gasteiger partial charge in [-0.3, -0.25) is 9.59 Å². The summed E-state index contributed by atoms with van der Waals surface area (Å²) in [5.74, 6) is -0.530. The average molecular weight is 699 g/mol. The van der Waals surface area contributed by atoms with Gasteiger partial charge >= 0.3 is 0 Å². The summed E-state index contributed by atoms with van der Waals surface area (Å²) in [7, 11) is 0. The van der Waals surface area contributed by atoms with Gasteiger partial charge in [0.1, 0.15) is 5.00 Å². The minimum absolute atomic E-state index is 0.151. The Labute approximate surface area is 300 Å². The van der Waals surface area contributed by atoms with E-state index in [1.54, 1.807) is 6.08 Å². The number of alkyl halides is 2. The summed E-state index contributed by atoms with van der Waals surface area (Å²) < 4.78 is -1.40. The first-order valence-corrected chi connectivity index (χ1v) is 17.9. The number of anilines is 3. The van der Waals surface area contributed by atoms with Crippen molar-refractivity contribution in [3.8, 4) is 11.1 Å². The van der Waals surface area contributed by atoms with Crippen molar-refractivity contribution >= 4 is 79.3 Å². The third-order valence-electron chi connectivity index (χ3n) is 9.82. The summed E-state index contributed by atoms with van der Waals surface area (Å²) in [6.45, 7) is 12.7. The normalized spacial score (nSPS) is 14.7. The van der Waals surface area contributed by atoms with E-state index in [0.717, 1.165) is 59.8 Å². The number of allylic oxidation sites excluding steroid dienone is 1. The molecule has 0 saturated heterocycles. The van der Waals surface area contributed by atoms with Gasteiger partial charge in [0.15, 0.2) is 15.9 Å². The first-order valence-electron chi connectivity index (χ1n) is 16.3. The van der Waals surface area contributed by atoms with Crippen molar-refractivity contribution in [2.24, 2.45) is 0 Å². The van der Waals surface area contributed by atoms with Crippen LogP contribution in [-0.2, 0) is 4.33 Å². The van der Waals surface area contributed by atoms with Gasteiger partial charge in [-0.15, -0.1) is 11.3 Å². The highest BCUT2D eigenvalue weighted by Crippen LogP contribution is 2.60. The Balaban J connectivity index is 1.32. The van der Waals surface area contributed by atoms with Gasteiger partial charge in [0, 0.05) is 27.1 Å². The van der Waals surface area contributed by atoms with Gasteiger partial charge in [0.2, 0.25) is 0 Å². The highest BCUT2D eigenvalue weighted by atomic mass is 35.5. The molecule has 0 saturated carbocycles. The molecule has 3 nitrogen and oxygen atoms in total. The monoisotopic (exact) mass is 697 g/mol. The van der Waals surface area contributed by atoms with Crippen LogP contribution >= 0.6 is 34.5 Å². The van der Waals surface area contributed by atoms with E-state index in [4.69, 9.17) is 23.2 Å². The van der Waals surface area contributed by atoms with Crippen LogP contribution in [0.2, 0.25) is 0 Å². The third-order valence-corrected chi connectivity index (χ3v) is 11.7.